The van der Waals surface area contributed by atoms with Crippen LogP contribution in [0.15, 0.2) is 16.0 Å². The molecule has 0 aliphatic carbocycles. The molecule has 3 atom stereocenters. The number of aromatic nitrogens is 2. The molecule has 2 heterocycles. The lowest BCUT2D eigenvalue weighted by molar-refractivity contribution is -0.0463. The van der Waals surface area contributed by atoms with Gasteiger partial charge in [0.1, 0.15) is 17.4 Å². The van der Waals surface area contributed by atoms with Crippen molar-refractivity contribution in [3.05, 3.63) is 22.5 Å². The van der Waals surface area contributed by atoms with E-state index in [9.17, 15) is 14.3 Å². The summed E-state index contributed by atoms with van der Waals surface area (Å²) >= 11 is 1.04. The van der Waals surface area contributed by atoms with Crippen molar-refractivity contribution in [2.75, 3.05) is 12.9 Å². The van der Waals surface area contributed by atoms with Gasteiger partial charge in [-0.05, 0) is 6.26 Å². The van der Waals surface area contributed by atoms with Crippen molar-refractivity contribution < 1.29 is 19.3 Å². The minimum Gasteiger partial charge on any atom is -0.394 e. The maximum absolute atomic E-state index is 13.5. The van der Waals surface area contributed by atoms with E-state index in [1.807, 2.05) is 0 Å². The second-order valence-corrected chi connectivity index (χ2v) is 4.70. The molecule has 2 N–H and O–H groups in total. The average Bonchev–Trinajstić information content (AvgIpc) is 2.72. The number of thioether (sulfide) groups is 1. The number of rotatable bonds is 3. The molecule has 8 heteroatoms. The Morgan fingerprint density at radius 2 is 2.44 bits per heavy atom. The summed E-state index contributed by atoms with van der Waals surface area (Å²) in [5, 5.41) is 18.5. The van der Waals surface area contributed by atoms with Crippen molar-refractivity contribution in [2.24, 2.45) is 0 Å². The first kappa shape index (κ1) is 13.5. The van der Waals surface area contributed by atoms with Gasteiger partial charge in [0.05, 0.1) is 12.7 Å². The summed E-state index contributed by atoms with van der Waals surface area (Å²) < 4.78 is 19.8. The van der Waals surface area contributed by atoms with Crippen molar-refractivity contribution >= 4 is 11.8 Å². The van der Waals surface area contributed by atoms with E-state index in [0.29, 0.717) is 0 Å². The van der Waals surface area contributed by atoms with Crippen molar-refractivity contribution in [3.8, 4) is 0 Å². The SMILES string of the molecule is CSc1nc(=O)n(C2CC(O)C(CO)O2)cc1F. The van der Waals surface area contributed by atoms with Gasteiger partial charge in [0.2, 0.25) is 0 Å². The van der Waals surface area contributed by atoms with E-state index in [1.165, 1.54) is 0 Å². The van der Waals surface area contributed by atoms with Crippen LogP contribution < -0.4 is 5.69 Å². The van der Waals surface area contributed by atoms with Gasteiger partial charge in [0, 0.05) is 12.6 Å². The molecule has 0 aromatic carbocycles. The minimum atomic E-state index is -0.879. The van der Waals surface area contributed by atoms with Crippen molar-refractivity contribution in [1.82, 2.24) is 9.55 Å². The number of hydrogen-bond donors (Lipinski definition) is 2. The first-order chi connectivity index (χ1) is 8.56. The van der Waals surface area contributed by atoms with Gasteiger partial charge in [-0.25, -0.2) is 9.18 Å². The summed E-state index contributed by atoms with van der Waals surface area (Å²) in [5.74, 6) is -0.618. The highest BCUT2D eigenvalue weighted by molar-refractivity contribution is 7.98. The third-order valence-corrected chi connectivity index (χ3v) is 3.44. The average molecular weight is 276 g/mol. The van der Waals surface area contributed by atoms with Crippen LogP contribution in [0.5, 0.6) is 0 Å². The fourth-order valence-corrected chi connectivity index (χ4v) is 2.25. The maximum atomic E-state index is 13.5. The smallest absolute Gasteiger partial charge is 0.350 e. The molecule has 1 aromatic rings. The Labute approximate surface area is 106 Å². The molecule has 0 radical (unpaired) electrons. The van der Waals surface area contributed by atoms with E-state index in [4.69, 9.17) is 9.84 Å². The van der Waals surface area contributed by atoms with Crippen LogP contribution in [0.1, 0.15) is 12.6 Å². The molecule has 1 aromatic heterocycles. The highest BCUT2D eigenvalue weighted by Gasteiger charge is 2.35. The van der Waals surface area contributed by atoms with Gasteiger partial charge in [-0.3, -0.25) is 4.57 Å². The largest absolute Gasteiger partial charge is 0.394 e. The maximum Gasteiger partial charge on any atom is 0.350 e. The predicted octanol–water partition coefficient (Wildman–Crippen LogP) is -0.255. The topological polar surface area (TPSA) is 84.6 Å². The first-order valence-electron chi connectivity index (χ1n) is 5.34. The zero-order valence-electron chi connectivity index (χ0n) is 9.62. The third kappa shape index (κ3) is 2.41. The first-order valence-corrected chi connectivity index (χ1v) is 6.56. The van der Waals surface area contributed by atoms with Crippen LogP contribution in [0.4, 0.5) is 4.39 Å². The lowest BCUT2D eigenvalue weighted by atomic mass is 10.2. The molecular formula is C10H13FN2O4S. The Balaban J connectivity index is 2.30. The van der Waals surface area contributed by atoms with Crippen molar-refractivity contribution in [3.63, 3.8) is 0 Å². The molecule has 6 nitrogen and oxygen atoms in total. The Morgan fingerprint density at radius 3 is 3.00 bits per heavy atom. The molecule has 100 valence electrons. The lowest BCUT2D eigenvalue weighted by Gasteiger charge is -2.14. The summed E-state index contributed by atoms with van der Waals surface area (Å²) in [6, 6.07) is 0. The Bertz CT molecular complexity index is 495. The molecular weight excluding hydrogens is 263 g/mol. The second kappa shape index (κ2) is 5.35. The summed E-state index contributed by atoms with van der Waals surface area (Å²) in [7, 11) is 0. The fraction of sp³-hybridized carbons (Fsp3) is 0.600. The monoisotopic (exact) mass is 276 g/mol. The van der Waals surface area contributed by atoms with Crippen LogP contribution in [0, 0.1) is 5.82 Å². The van der Waals surface area contributed by atoms with Gasteiger partial charge in [0.15, 0.2) is 5.82 Å². The minimum absolute atomic E-state index is 0.0218. The molecule has 3 unspecified atom stereocenters. The molecule has 1 fully saturated rings. The zero-order chi connectivity index (χ0) is 13.3. The van der Waals surface area contributed by atoms with E-state index >= 15 is 0 Å². The molecule has 1 aliphatic rings. The number of nitrogens with zero attached hydrogens (tertiary/aromatic N) is 2. The second-order valence-electron chi connectivity index (χ2n) is 3.90. The number of halogens is 1. The van der Waals surface area contributed by atoms with Crippen molar-refractivity contribution in [1.29, 1.82) is 0 Å². The zero-order valence-corrected chi connectivity index (χ0v) is 10.4. The van der Waals surface area contributed by atoms with Crippen LogP contribution >= 0.6 is 11.8 Å². The van der Waals surface area contributed by atoms with Gasteiger partial charge < -0.3 is 14.9 Å². The fourth-order valence-electron chi connectivity index (χ4n) is 1.83. The molecule has 0 saturated carbocycles. The van der Waals surface area contributed by atoms with E-state index in [-0.39, 0.29) is 18.1 Å². The highest BCUT2D eigenvalue weighted by atomic mass is 32.2. The van der Waals surface area contributed by atoms with E-state index in [1.54, 1.807) is 6.26 Å². The van der Waals surface area contributed by atoms with Crippen LogP contribution in [0.25, 0.3) is 0 Å². The molecule has 18 heavy (non-hydrogen) atoms. The number of ether oxygens (including phenoxy) is 1. The summed E-state index contributed by atoms with van der Waals surface area (Å²) in [5.41, 5.74) is -0.642. The van der Waals surface area contributed by atoms with Crippen LogP contribution in [0.3, 0.4) is 0 Å². The normalized spacial score (nSPS) is 27.7. The van der Waals surface area contributed by atoms with E-state index < -0.39 is 29.9 Å². The summed E-state index contributed by atoms with van der Waals surface area (Å²) in [6.07, 6.45) is 0.304. The molecule has 0 amide bonds. The third-order valence-electron chi connectivity index (χ3n) is 2.76. The van der Waals surface area contributed by atoms with Crippen LogP contribution in [-0.2, 0) is 4.74 Å². The predicted molar refractivity (Wildman–Crippen MR) is 61.9 cm³/mol. The molecule has 1 saturated heterocycles. The number of hydrogen-bond acceptors (Lipinski definition) is 6. The summed E-state index contributed by atoms with van der Waals surface area (Å²) in [4.78, 5) is 15.3. The van der Waals surface area contributed by atoms with E-state index in [0.717, 1.165) is 22.5 Å². The quantitative estimate of drug-likeness (QED) is 0.585. The van der Waals surface area contributed by atoms with Crippen LogP contribution in [-0.4, -0.2) is 44.8 Å². The van der Waals surface area contributed by atoms with Crippen LogP contribution in [0.2, 0.25) is 0 Å². The van der Waals surface area contributed by atoms with Gasteiger partial charge in [-0.15, -0.1) is 11.8 Å². The lowest BCUT2D eigenvalue weighted by Crippen LogP contribution is -2.28. The van der Waals surface area contributed by atoms with E-state index in [2.05, 4.69) is 4.98 Å². The van der Waals surface area contributed by atoms with Gasteiger partial charge in [-0.1, -0.05) is 0 Å². The Morgan fingerprint density at radius 1 is 1.72 bits per heavy atom. The van der Waals surface area contributed by atoms with Gasteiger partial charge in [0.25, 0.3) is 0 Å². The molecule has 0 spiro atoms. The summed E-state index contributed by atoms with van der Waals surface area (Å²) in [6.45, 7) is -0.356. The number of aliphatic hydroxyl groups is 2. The standard InChI is InChI=1S/C10H13FN2O4S/c1-18-9-5(11)3-13(10(16)12-9)8-2-6(15)7(4-14)17-8/h3,6-8,14-15H,2,4H2,1H3. The molecule has 1 aliphatic heterocycles. The van der Waals surface area contributed by atoms with Gasteiger partial charge >= 0.3 is 5.69 Å². The van der Waals surface area contributed by atoms with Gasteiger partial charge in [-0.2, -0.15) is 4.98 Å². The highest BCUT2D eigenvalue weighted by Crippen LogP contribution is 2.27. The number of aliphatic hydroxyl groups excluding tert-OH is 2. The molecule has 2 rings (SSSR count). The molecule has 0 bridgehead atoms. The Hall–Kier alpha value is -0.960. The Kier molecular flexibility index (Phi) is 4.00. The van der Waals surface area contributed by atoms with Crippen molar-refractivity contribution in [2.45, 2.75) is 29.9 Å².